The highest BCUT2D eigenvalue weighted by atomic mass is 35.5. The van der Waals surface area contributed by atoms with Crippen LogP contribution >= 0.6 is 11.6 Å². The molecular weight excluding hydrogens is 398 g/mol. The standard InChI is InChI=1S/C20H12ClN3O5/c21-15-7-6-12(24(27)28)10-13(15)19(26)22-11-5-8-17(25)14(9-11)20-23-16-3-1-2-4-18(16)29-20/h1-10,25H,(H,22,26). The molecule has 0 aliphatic heterocycles. The third-order valence-electron chi connectivity index (χ3n) is 4.18. The van der Waals surface area contributed by atoms with E-state index >= 15 is 0 Å². The number of oxazole rings is 1. The number of phenols is 1. The molecule has 0 atom stereocenters. The third-order valence-corrected chi connectivity index (χ3v) is 4.51. The number of non-ortho nitro benzene ring substituents is 1. The lowest BCUT2D eigenvalue weighted by atomic mass is 10.1. The lowest BCUT2D eigenvalue weighted by molar-refractivity contribution is -0.384. The van der Waals surface area contributed by atoms with Crippen molar-refractivity contribution in [2.45, 2.75) is 0 Å². The smallest absolute Gasteiger partial charge is 0.270 e. The first kappa shape index (κ1) is 18.5. The van der Waals surface area contributed by atoms with E-state index in [2.05, 4.69) is 10.3 Å². The molecule has 144 valence electrons. The summed E-state index contributed by atoms with van der Waals surface area (Å²) in [5.41, 5.74) is 1.49. The van der Waals surface area contributed by atoms with Gasteiger partial charge in [0.25, 0.3) is 11.6 Å². The van der Waals surface area contributed by atoms with Gasteiger partial charge in [0, 0.05) is 17.8 Å². The van der Waals surface area contributed by atoms with Gasteiger partial charge in [-0.15, -0.1) is 0 Å². The number of para-hydroxylation sites is 2. The Labute approximate surface area is 168 Å². The predicted molar refractivity (Wildman–Crippen MR) is 107 cm³/mol. The number of phenolic OH excluding ortho intramolecular Hbond substituents is 1. The average Bonchev–Trinajstić information content (AvgIpc) is 3.13. The summed E-state index contributed by atoms with van der Waals surface area (Å²) in [6, 6.07) is 15.1. The Morgan fingerprint density at radius 2 is 1.93 bits per heavy atom. The van der Waals surface area contributed by atoms with Crippen LogP contribution in [0.25, 0.3) is 22.6 Å². The average molecular weight is 410 g/mol. The number of aromatic hydroxyl groups is 1. The second kappa shape index (κ2) is 7.25. The van der Waals surface area contributed by atoms with E-state index in [0.717, 1.165) is 6.07 Å². The van der Waals surface area contributed by atoms with Gasteiger partial charge in [0.2, 0.25) is 5.89 Å². The highest BCUT2D eigenvalue weighted by Gasteiger charge is 2.18. The Bertz CT molecular complexity index is 1240. The van der Waals surface area contributed by atoms with Gasteiger partial charge >= 0.3 is 0 Å². The van der Waals surface area contributed by atoms with E-state index in [9.17, 15) is 20.0 Å². The van der Waals surface area contributed by atoms with Crippen molar-refractivity contribution in [3.05, 3.63) is 81.4 Å². The third kappa shape index (κ3) is 3.61. The van der Waals surface area contributed by atoms with Crippen molar-refractivity contribution in [3.8, 4) is 17.2 Å². The normalized spacial score (nSPS) is 10.8. The number of carbonyl (C=O) groups is 1. The van der Waals surface area contributed by atoms with E-state index in [1.54, 1.807) is 18.2 Å². The highest BCUT2D eigenvalue weighted by molar-refractivity contribution is 6.34. The molecule has 0 aliphatic carbocycles. The summed E-state index contributed by atoms with van der Waals surface area (Å²) >= 11 is 6.01. The molecule has 1 aromatic heterocycles. The number of aromatic nitrogens is 1. The minimum atomic E-state index is -0.632. The zero-order chi connectivity index (χ0) is 20.5. The van der Waals surface area contributed by atoms with Gasteiger partial charge in [-0.05, 0) is 36.4 Å². The molecule has 0 saturated heterocycles. The molecule has 8 nitrogen and oxygen atoms in total. The number of halogens is 1. The summed E-state index contributed by atoms with van der Waals surface area (Å²) in [7, 11) is 0. The first-order valence-corrected chi connectivity index (χ1v) is 8.74. The second-order valence-electron chi connectivity index (χ2n) is 6.09. The zero-order valence-corrected chi connectivity index (χ0v) is 15.4. The molecule has 29 heavy (non-hydrogen) atoms. The number of carbonyl (C=O) groups excluding carboxylic acids is 1. The van der Waals surface area contributed by atoms with Gasteiger partial charge in [-0.2, -0.15) is 0 Å². The van der Waals surface area contributed by atoms with Gasteiger partial charge in [-0.3, -0.25) is 14.9 Å². The fourth-order valence-corrected chi connectivity index (χ4v) is 2.98. The van der Waals surface area contributed by atoms with Crippen LogP contribution in [-0.4, -0.2) is 20.9 Å². The lowest BCUT2D eigenvalue weighted by Crippen LogP contribution is -2.13. The van der Waals surface area contributed by atoms with Crippen molar-refractivity contribution >= 4 is 40.0 Å². The molecule has 0 radical (unpaired) electrons. The molecule has 2 N–H and O–H groups in total. The number of benzene rings is 3. The lowest BCUT2D eigenvalue weighted by Gasteiger charge is -2.09. The van der Waals surface area contributed by atoms with Crippen molar-refractivity contribution in [2.24, 2.45) is 0 Å². The number of hydrogen-bond donors (Lipinski definition) is 2. The molecule has 0 spiro atoms. The van der Waals surface area contributed by atoms with Crippen LogP contribution in [0, 0.1) is 10.1 Å². The SMILES string of the molecule is O=C(Nc1ccc(O)c(-c2nc3ccccc3o2)c1)c1cc([N+](=O)[O-])ccc1Cl. The zero-order valence-electron chi connectivity index (χ0n) is 14.6. The molecule has 0 bridgehead atoms. The minimum Gasteiger partial charge on any atom is -0.507 e. The molecule has 0 unspecified atom stereocenters. The molecule has 4 aromatic rings. The van der Waals surface area contributed by atoms with Crippen molar-refractivity contribution < 1.29 is 19.2 Å². The molecule has 1 heterocycles. The van der Waals surface area contributed by atoms with Gasteiger partial charge in [0.15, 0.2) is 5.58 Å². The quantitative estimate of drug-likeness (QED) is 0.277. The van der Waals surface area contributed by atoms with E-state index in [1.165, 1.54) is 30.3 Å². The Kier molecular flexibility index (Phi) is 4.61. The maximum atomic E-state index is 12.6. The predicted octanol–water partition coefficient (Wildman–Crippen LogP) is 5.01. The minimum absolute atomic E-state index is 0.0441. The maximum absolute atomic E-state index is 12.6. The summed E-state index contributed by atoms with van der Waals surface area (Å²) in [5.74, 6) is -0.524. The Hall–Kier alpha value is -3.91. The van der Waals surface area contributed by atoms with E-state index < -0.39 is 10.8 Å². The number of nitro groups is 1. The van der Waals surface area contributed by atoms with Crippen LogP contribution in [0.5, 0.6) is 5.75 Å². The van der Waals surface area contributed by atoms with Gasteiger partial charge in [0.1, 0.15) is 11.3 Å². The van der Waals surface area contributed by atoms with Crippen molar-refractivity contribution in [1.29, 1.82) is 0 Å². The number of nitrogens with one attached hydrogen (secondary N) is 1. The number of nitrogens with zero attached hydrogens (tertiary/aromatic N) is 2. The fourth-order valence-electron chi connectivity index (χ4n) is 2.77. The van der Waals surface area contributed by atoms with Crippen LogP contribution < -0.4 is 5.32 Å². The van der Waals surface area contributed by atoms with Crippen LogP contribution in [0.2, 0.25) is 5.02 Å². The molecular formula is C20H12ClN3O5. The molecule has 0 fully saturated rings. The molecule has 4 rings (SSSR count). The summed E-state index contributed by atoms with van der Waals surface area (Å²) in [6.45, 7) is 0. The summed E-state index contributed by atoms with van der Waals surface area (Å²) in [4.78, 5) is 27.2. The van der Waals surface area contributed by atoms with Crippen LogP contribution in [-0.2, 0) is 0 Å². The number of rotatable bonds is 4. The van der Waals surface area contributed by atoms with Crippen LogP contribution in [0.3, 0.4) is 0 Å². The fraction of sp³-hybridized carbons (Fsp3) is 0. The molecule has 0 saturated carbocycles. The molecule has 0 aliphatic rings. The number of anilines is 1. The van der Waals surface area contributed by atoms with Crippen LogP contribution in [0.1, 0.15) is 10.4 Å². The maximum Gasteiger partial charge on any atom is 0.270 e. The summed E-state index contributed by atoms with van der Waals surface area (Å²) in [5, 5.41) is 23.8. The van der Waals surface area contributed by atoms with E-state index in [4.69, 9.17) is 16.0 Å². The van der Waals surface area contributed by atoms with Crippen molar-refractivity contribution in [2.75, 3.05) is 5.32 Å². The molecule has 9 heteroatoms. The van der Waals surface area contributed by atoms with Crippen LogP contribution in [0.4, 0.5) is 11.4 Å². The molecule has 3 aromatic carbocycles. The number of amides is 1. The Morgan fingerprint density at radius 3 is 2.69 bits per heavy atom. The van der Waals surface area contributed by atoms with Gasteiger partial charge in [0.05, 0.1) is 21.1 Å². The highest BCUT2D eigenvalue weighted by Crippen LogP contribution is 2.33. The molecule has 1 amide bonds. The number of nitro benzene ring substituents is 1. The second-order valence-corrected chi connectivity index (χ2v) is 6.50. The van der Waals surface area contributed by atoms with Gasteiger partial charge in [-0.1, -0.05) is 23.7 Å². The first-order valence-electron chi connectivity index (χ1n) is 8.36. The van der Waals surface area contributed by atoms with Gasteiger partial charge < -0.3 is 14.8 Å². The van der Waals surface area contributed by atoms with E-state index in [-0.39, 0.29) is 33.5 Å². The largest absolute Gasteiger partial charge is 0.507 e. The Morgan fingerprint density at radius 1 is 1.14 bits per heavy atom. The number of fused-ring (bicyclic) bond motifs is 1. The van der Waals surface area contributed by atoms with E-state index in [1.807, 2.05) is 6.07 Å². The van der Waals surface area contributed by atoms with Crippen molar-refractivity contribution in [1.82, 2.24) is 4.98 Å². The number of hydrogen-bond acceptors (Lipinski definition) is 6. The van der Waals surface area contributed by atoms with Crippen molar-refractivity contribution in [3.63, 3.8) is 0 Å². The topological polar surface area (TPSA) is 118 Å². The van der Waals surface area contributed by atoms with E-state index in [0.29, 0.717) is 16.8 Å². The summed E-state index contributed by atoms with van der Waals surface area (Å²) in [6.07, 6.45) is 0. The van der Waals surface area contributed by atoms with Crippen LogP contribution in [0.15, 0.2) is 65.1 Å². The first-order chi connectivity index (χ1) is 13.9. The summed E-state index contributed by atoms with van der Waals surface area (Å²) < 4.78 is 5.66. The van der Waals surface area contributed by atoms with Gasteiger partial charge in [-0.25, -0.2) is 4.98 Å². The monoisotopic (exact) mass is 409 g/mol. The Balaban J connectivity index is 1.67.